The average Bonchev–Trinajstić information content (AvgIpc) is 2.96. The SMILES string of the molecule is CC#CC(=O)N1CC(c2c(F)cc(C(N)=O)c3[nH]c(C)c(C#N)c23)=CC(F)C1. The van der Waals surface area contributed by atoms with Crippen LogP contribution in [0.15, 0.2) is 12.1 Å². The van der Waals surface area contributed by atoms with Crippen molar-refractivity contribution in [1.29, 1.82) is 5.26 Å². The molecule has 0 saturated heterocycles. The van der Waals surface area contributed by atoms with Crippen LogP contribution in [0.1, 0.15) is 34.1 Å². The highest BCUT2D eigenvalue weighted by Crippen LogP contribution is 2.36. The van der Waals surface area contributed by atoms with Crippen molar-refractivity contribution in [2.75, 3.05) is 13.1 Å². The highest BCUT2D eigenvalue weighted by molar-refractivity contribution is 6.10. The molecule has 1 aromatic carbocycles. The number of benzene rings is 1. The molecule has 0 spiro atoms. The molecule has 1 unspecified atom stereocenters. The first kappa shape index (κ1) is 19.1. The van der Waals surface area contributed by atoms with E-state index in [9.17, 15) is 19.2 Å². The number of halogens is 2. The van der Waals surface area contributed by atoms with Crippen molar-refractivity contribution in [3.8, 4) is 17.9 Å². The van der Waals surface area contributed by atoms with Gasteiger partial charge in [-0.3, -0.25) is 9.59 Å². The quantitative estimate of drug-likeness (QED) is 0.778. The van der Waals surface area contributed by atoms with Crippen molar-refractivity contribution in [2.24, 2.45) is 5.73 Å². The summed E-state index contributed by atoms with van der Waals surface area (Å²) in [6, 6.07) is 2.94. The molecular weight excluding hydrogens is 366 g/mol. The molecular formula is C20H16F2N4O2. The van der Waals surface area contributed by atoms with E-state index in [1.54, 1.807) is 6.92 Å². The van der Waals surface area contributed by atoms with Crippen molar-refractivity contribution in [3.63, 3.8) is 0 Å². The number of aromatic amines is 1. The number of primary amides is 1. The third-order valence-corrected chi connectivity index (χ3v) is 4.57. The van der Waals surface area contributed by atoms with Crippen molar-refractivity contribution < 1.29 is 18.4 Å². The van der Waals surface area contributed by atoms with Crippen LogP contribution in [0.25, 0.3) is 16.5 Å². The molecule has 142 valence electrons. The summed E-state index contributed by atoms with van der Waals surface area (Å²) < 4.78 is 29.3. The number of H-pyrrole nitrogens is 1. The van der Waals surface area contributed by atoms with Gasteiger partial charge in [-0.1, -0.05) is 5.92 Å². The van der Waals surface area contributed by atoms with Crippen LogP contribution in [0, 0.1) is 35.9 Å². The number of amides is 2. The Morgan fingerprint density at radius 2 is 2.14 bits per heavy atom. The molecule has 3 rings (SSSR count). The van der Waals surface area contributed by atoms with Gasteiger partial charge in [0, 0.05) is 23.2 Å². The lowest BCUT2D eigenvalue weighted by molar-refractivity contribution is -0.125. The number of carbonyl (C=O) groups is 2. The minimum Gasteiger partial charge on any atom is -0.366 e. The lowest BCUT2D eigenvalue weighted by atomic mass is 9.92. The molecule has 8 heteroatoms. The second kappa shape index (κ2) is 7.16. The standard InChI is InChI=1S/C20H16F2N4O2/c1-3-4-16(27)26-8-11(5-12(21)9-26)17-15(22)6-13(20(24)28)19-18(17)14(7-23)10(2)25-19/h5-6,12,25H,8-9H2,1-2H3,(H2,24,28). The van der Waals surface area contributed by atoms with E-state index in [0.717, 1.165) is 6.07 Å². The summed E-state index contributed by atoms with van der Waals surface area (Å²) in [5.41, 5.74) is 6.14. The Kier molecular flexibility index (Phi) is 4.89. The Morgan fingerprint density at radius 1 is 1.43 bits per heavy atom. The number of nitrogens with zero attached hydrogens (tertiary/aromatic N) is 2. The van der Waals surface area contributed by atoms with Gasteiger partial charge >= 0.3 is 0 Å². The number of rotatable bonds is 2. The van der Waals surface area contributed by atoms with Crippen LogP contribution in [0.5, 0.6) is 0 Å². The van der Waals surface area contributed by atoms with E-state index in [-0.39, 0.29) is 46.3 Å². The van der Waals surface area contributed by atoms with Gasteiger partial charge in [0.15, 0.2) is 0 Å². The number of aromatic nitrogens is 1. The number of fused-ring (bicyclic) bond motifs is 1. The van der Waals surface area contributed by atoms with Crippen LogP contribution in [0.2, 0.25) is 0 Å². The molecule has 2 amide bonds. The number of nitrogens with two attached hydrogens (primary N) is 1. The molecule has 1 aliphatic rings. The smallest absolute Gasteiger partial charge is 0.298 e. The van der Waals surface area contributed by atoms with Gasteiger partial charge in [0.25, 0.3) is 11.8 Å². The van der Waals surface area contributed by atoms with Crippen molar-refractivity contribution in [3.05, 3.63) is 40.3 Å². The first-order valence-electron chi connectivity index (χ1n) is 8.39. The van der Waals surface area contributed by atoms with Gasteiger partial charge in [-0.15, -0.1) is 0 Å². The fraction of sp³-hybridized carbons (Fsp3) is 0.250. The van der Waals surface area contributed by atoms with Crippen LogP contribution in [0.3, 0.4) is 0 Å². The fourth-order valence-electron chi connectivity index (χ4n) is 3.42. The van der Waals surface area contributed by atoms with Gasteiger partial charge < -0.3 is 15.6 Å². The highest BCUT2D eigenvalue weighted by atomic mass is 19.1. The summed E-state index contributed by atoms with van der Waals surface area (Å²) in [7, 11) is 0. The molecule has 0 aliphatic carbocycles. The monoisotopic (exact) mass is 382 g/mol. The van der Waals surface area contributed by atoms with E-state index >= 15 is 4.39 Å². The number of aryl methyl sites for hydroxylation is 1. The molecule has 0 fully saturated rings. The van der Waals surface area contributed by atoms with E-state index in [2.05, 4.69) is 16.8 Å². The predicted octanol–water partition coefficient (Wildman–Crippen LogP) is 2.17. The summed E-state index contributed by atoms with van der Waals surface area (Å²) in [5, 5.41) is 9.67. The molecule has 6 nitrogen and oxygen atoms in total. The summed E-state index contributed by atoms with van der Waals surface area (Å²) in [5.74, 6) is 2.53. The van der Waals surface area contributed by atoms with Crippen molar-refractivity contribution in [1.82, 2.24) is 9.88 Å². The number of alkyl halides is 1. The summed E-state index contributed by atoms with van der Waals surface area (Å²) in [4.78, 5) is 27.9. The summed E-state index contributed by atoms with van der Waals surface area (Å²) in [6.45, 7) is 2.81. The number of nitriles is 1. The summed E-state index contributed by atoms with van der Waals surface area (Å²) in [6.07, 6.45) is -0.309. The maximum Gasteiger partial charge on any atom is 0.298 e. The molecule has 28 heavy (non-hydrogen) atoms. The molecule has 1 atom stereocenters. The van der Waals surface area contributed by atoms with Crippen LogP contribution < -0.4 is 5.73 Å². The number of carbonyl (C=O) groups excluding carboxylic acids is 2. The molecule has 0 bridgehead atoms. The number of hydrogen-bond acceptors (Lipinski definition) is 3. The Morgan fingerprint density at radius 3 is 2.75 bits per heavy atom. The maximum absolute atomic E-state index is 15.0. The van der Waals surface area contributed by atoms with Gasteiger partial charge in [0.1, 0.15) is 18.1 Å². The van der Waals surface area contributed by atoms with Crippen LogP contribution in [-0.2, 0) is 4.79 Å². The van der Waals surface area contributed by atoms with Crippen molar-refractivity contribution in [2.45, 2.75) is 20.0 Å². The van der Waals surface area contributed by atoms with Gasteiger partial charge in [0.2, 0.25) is 0 Å². The van der Waals surface area contributed by atoms with Crippen LogP contribution in [-0.4, -0.2) is 41.0 Å². The Hall–Kier alpha value is -3.65. The summed E-state index contributed by atoms with van der Waals surface area (Å²) >= 11 is 0. The Labute approximate surface area is 159 Å². The molecule has 1 aromatic heterocycles. The largest absolute Gasteiger partial charge is 0.366 e. The molecule has 2 aromatic rings. The van der Waals surface area contributed by atoms with Crippen LogP contribution >= 0.6 is 0 Å². The topological polar surface area (TPSA) is 103 Å². The Bertz CT molecular complexity index is 1150. The van der Waals surface area contributed by atoms with E-state index in [0.29, 0.717) is 5.69 Å². The zero-order chi connectivity index (χ0) is 20.6. The van der Waals surface area contributed by atoms with E-state index in [4.69, 9.17) is 5.73 Å². The van der Waals surface area contributed by atoms with Gasteiger partial charge in [-0.2, -0.15) is 5.26 Å². The molecule has 2 heterocycles. The first-order chi connectivity index (χ1) is 13.3. The highest BCUT2D eigenvalue weighted by Gasteiger charge is 2.29. The first-order valence-corrected chi connectivity index (χ1v) is 8.39. The van der Waals surface area contributed by atoms with Gasteiger partial charge in [-0.05, 0) is 37.5 Å². The minimum absolute atomic E-state index is 0.0366. The fourth-order valence-corrected chi connectivity index (χ4v) is 3.42. The number of hydrogen-bond donors (Lipinski definition) is 2. The molecule has 3 N–H and O–H groups in total. The third-order valence-electron chi connectivity index (χ3n) is 4.57. The van der Waals surface area contributed by atoms with Crippen molar-refractivity contribution >= 4 is 28.3 Å². The molecule has 0 saturated carbocycles. The minimum atomic E-state index is -1.53. The van der Waals surface area contributed by atoms with Gasteiger partial charge in [-0.25, -0.2) is 8.78 Å². The second-order valence-corrected chi connectivity index (χ2v) is 6.40. The Balaban J connectivity index is 2.28. The maximum atomic E-state index is 15.0. The van der Waals surface area contributed by atoms with Crippen LogP contribution in [0.4, 0.5) is 8.78 Å². The second-order valence-electron chi connectivity index (χ2n) is 6.40. The zero-order valence-corrected chi connectivity index (χ0v) is 15.2. The van der Waals surface area contributed by atoms with E-state index in [1.165, 1.54) is 17.9 Å². The third kappa shape index (κ3) is 3.10. The van der Waals surface area contributed by atoms with E-state index < -0.39 is 23.8 Å². The lowest BCUT2D eigenvalue weighted by Gasteiger charge is -2.28. The molecule has 0 radical (unpaired) electrons. The zero-order valence-electron chi connectivity index (χ0n) is 15.2. The molecule has 1 aliphatic heterocycles. The van der Waals surface area contributed by atoms with Gasteiger partial charge in [0.05, 0.1) is 23.2 Å². The average molecular weight is 382 g/mol. The normalized spacial score (nSPS) is 16.2. The predicted molar refractivity (Wildman–Crippen MR) is 99.1 cm³/mol. The lowest BCUT2D eigenvalue weighted by Crippen LogP contribution is -2.39. The van der Waals surface area contributed by atoms with E-state index in [1.807, 2.05) is 6.07 Å². The number of nitrogens with one attached hydrogen (secondary N) is 1.